The summed E-state index contributed by atoms with van der Waals surface area (Å²) in [5, 5.41) is 2.92. The monoisotopic (exact) mass is 376 g/mol. The first kappa shape index (κ1) is 17.5. The van der Waals surface area contributed by atoms with Crippen LogP contribution in [0.4, 0.5) is 5.69 Å². The van der Waals surface area contributed by atoms with E-state index in [9.17, 15) is 4.79 Å². The second-order valence-electron chi connectivity index (χ2n) is 5.31. The molecule has 1 amide bonds. The van der Waals surface area contributed by atoms with Crippen molar-refractivity contribution in [3.8, 4) is 5.75 Å². The van der Waals surface area contributed by atoms with Crippen molar-refractivity contribution in [3.63, 3.8) is 0 Å². The lowest BCUT2D eigenvalue weighted by atomic mass is 10.2. The van der Waals surface area contributed by atoms with Crippen LogP contribution in [-0.4, -0.2) is 37.0 Å². The number of rotatable bonds is 7. The number of ether oxygens (including phenoxy) is 1. The van der Waals surface area contributed by atoms with Crippen molar-refractivity contribution < 1.29 is 9.53 Å². The van der Waals surface area contributed by atoms with Crippen LogP contribution >= 0.6 is 15.9 Å². The van der Waals surface area contributed by atoms with Crippen molar-refractivity contribution in [1.82, 2.24) is 4.90 Å². The Hall–Kier alpha value is -1.85. The summed E-state index contributed by atoms with van der Waals surface area (Å²) in [4.78, 5) is 14.2. The van der Waals surface area contributed by atoms with Crippen LogP contribution < -0.4 is 10.1 Å². The van der Waals surface area contributed by atoms with E-state index in [1.165, 1.54) is 0 Å². The molecule has 23 heavy (non-hydrogen) atoms. The van der Waals surface area contributed by atoms with Gasteiger partial charge in [-0.05, 0) is 50.4 Å². The predicted molar refractivity (Wildman–Crippen MR) is 96.8 cm³/mol. The summed E-state index contributed by atoms with van der Waals surface area (Å²) in [6.07, 6.45) is 0. The van der Waals surface area contributed by atoms with Gasteiger partial charge >= 0.3 is 0 Å². The molecule has 1 atom stereocenters. The zero-order valence-corrected chi connectivity index (χ0v) is 14.9. The highest BCUT2D eigenvalue weighted by atomic mass is 79.9. The minimum Gasteiger partial charge on any atom is -0.492 e. The van der Waals surface area contributed by atoms with E-state index < -0.39 is 0 Å². The molecule has 0 aromatic heterocycles. The van der Waals surface area contributed by atoms with Crippen LogP contribution in [0.1, 0.15) is 6.92 Å². The topological polar surface area (TPSA) is 41.6 Å². The highest BCUT2D eigenvalue weighted by Gasteiger charge is 2.17. The number of para-hydroxylation sites is 1. The van der Waals surface area contributed by atoms with Crippen LogP contribution in [0.25, 0.3) is 0 Å². The minimum absolute atomic E-state index is 0.0328. The number of nitrogens with one attached hydrogen (secondary N) is 1. The lowest BCUT2D eigenvalue weighted by Crippen LogP contribution is -2.41. The van der Waals surface area contributed by atoms with Gasteiger partial charge in [-0.15, -0.1) is 0 Å². The van der Waals surface area contributed by atoms with Crippen molar-refractivity contribution in [2.75, 3.05) is 25.5 Å². The molecular formula is C18H21BrN2O2. The number of carbonyl (C=O) groups excluding carboxylic acids is 1. The zero-order chi connectivity index (χ0) is 16.7. The van der Waals surface area contributed by atoms with Gasteiger partial charge in [0.25, 0.3) is 0 Å². The van der Waals surface area contributed by atoms with Crippen LogP contribution in [0.5, 0.6) is 5.75 Å². The van der Waals surface area contributed by atoms with Gasteiger partial charge in [-0.25, -0.2) is 0 Å². The van der Waals surface area contributed by atoms with Crippen LogP contribution in [0.15, 0.2) is 59.1 Å². The number of likely N-dealkylation sites (N-methyl/N-ethyl adjacent to an activating group) is 1. The summed E-state index contributed by atoms with van der Waals surface area (Å²) in [6.45, 7) is 3.09. The Labute approximate surface area is 145 Å². The fourth-order valence-electron chi connectivity index (χ4n) is 2.00. The van der Waals surface area contributed by atoms with E-state index in [4.69, 9.17) is 4.74 Å². The molecule has 5 heteroatoms. The molecule has 2 aromatic rings. The van der Waals surface area contributed by atoms with Gasteiger partial charge in [-0.1, -0.05) is 34.1 Å². The molecule has 0 fully saturated rings. The molecule has 2 rings (SSSR count). The van der Waals surface area contributed by atoms with Crippen molar-refractivity contribution in [1.29, 1.82) is 0 Å². The molecule has 2 aromatic carbocycles. The van der Waals surface area contributed by atoms with E-state index in [1.54, 1.807) is 0 Å². The summed E-state index contributed by atoms with van der Waals surface area (Å²) < 4.78 is 6.64. The van der Waals surface area contributed by atoms with Gasteiger partial charge in [0.15, 0.2) is 0 Å². The van der Waals surface area contributed by atoms with Crippen LogP contribution in [0, 0.1) is 0 Å². The van der Waals surface area contributed by atoms with Crippen molar-refractivity contribution in [2.24, 2.45) is 0 Å². The van der Waals surface area contributed by atoms with E-state index in [0.717, 1.165) is 15.9 Å². The summed E-state index contributed by atoms with van der Waals surface area (Å²) >= 11 is 3.38. The number of hydrogen-bond acceptors (Lipinski definition) is 3. The van der Waals surface area contributed by atoms with Crippen LogP contribution in [-0.2, 0) is 4.79 Å². The second-order valence-corrected chi connectivity index (χ2v) is 6.23. The molecular weight excluding hydrogens is 356 g/mol. The van der Waals surface area contributed by atoms with E-state index in [2.05, 4.69) is 21.2 Å². The van der Waals surface area contributed by atoms with Crippen molar-refractivity contribution in [3.05, 3.63) is 59.1 Å². The molecule has 1 unspecified atom stereocenters. The Balaban J connectivity index is 1.78. The third kappa shape index (κ3) is 5.69. The molecule has 1 N–H and O–H groups in total. The molecule has 122 valence electrons. The van der Waals surface area contributed by atoms with Crippen molar-refractivity contribution >= 4 is 27.5 Å². The number of hydrogen-bond donors (Lipinski definition) is 1. The first-order valence-electron chi connectivity index (χ1n) is 7.51. The number of nitrogens with zero attached hydrogens (tertiary/aromatic N) is 1. The lowest BCUT2D eigenvalue weighted by molar-refractivity contribution is -0.120. The Morgan fingerprint density at radius 3 is 2.48 bits per heavy atom. The molecule has 0 aliphatic rings. The number of halogens is 1. The molecule has 0 radical (unpaired) electrons. The third-order valence-electron chi connectivity index (χ3n) is 3.61. The second kappa shape index (κ2) is 8.70. The maximum atomic E-state index is 12.3. The quantitative estimate of drug-likeness (QED) is 0.799. The van der Waals surface area contributed by atoms with E-state index in [-0.39, 0.29) is 11.9 Å². The average Bonchev–Trinajstić information content (AvgIpc) is 2.57. The lowest BCUT2D eigenvalue weighted by Gasteiger charge is -2.23. The van der Waals surface area contributed by atoms with Gasteiger partial charge in [0, 0.05) is 16.7 Å². The summed E-state index contributed by atoms with van der Waals surface area (Å²) in [5.41, 5.74) is 0.791. The van der Waals surface area contributed by atoms with Crippen LogP contribution in [0.2, 0.25) is 0 Å². The molecule has 0 saturated heterocycles. The largest absolute Gasteiger partial charge is 0.492 e. The third-order valence-corrected chi connectivity index (χ3v) is 4.14. The summed E-state index contributed by atoms with van der Waals surface area (Å²) in [7, 11) is 1.92. The fourth-order valence-corrected chi connectivity index (χ4v) is 2.26. The minimum atomic E-state index is -0.238. The Morgan fingerprint density at radius 2 is 1.83 bits per heavy atom. The number of amides is 1. The molecule has 0 heterocycles. The summed E-state index contributed by atoms with van der Waals surface area (Å²) in [6, 6.07) is 17.0. The molecule has 0 bridgehead atoms. The van der Waals surface area contributed by atoms with Gasteiger partial charge in [0.1, 0.15) is 12.4 Å². The first-order valence-corrected chi connectivity index (χ1v) is 8.30. The van der Waals surface area contributed by atoms with Gasteiger partial charge in [0.2, 0.25) is 5.91 Å². The summed E-state index contributed by atoms with van der Waals surface area (Å²) in [5.74, 6) is 0.808. The highest BCUT2D eigenvalue weighted by molar-refractivity contribution is 9.10. The van der Waals surface area contributed by atoms with E-state index in [1.807, 2.05) is 73.5 Å². The molecule has 0 spiro atoms. The van der Waals surface area contributed by atoms with Gasteiger partial charge in [-0.3, -0.25) is 9.69 Å². The normalized spacial score (nSPS) is 12.0. The molecule has 0 saturated carbocycles. The van der Waals surface area contributed by atoms with Gasteiger partial charge in [-0.2, -0.15) is 0 Å². The SMILES string of the molecule is CC(C(=O)Nc1ccc(Br)cc1)N(C)CCOc1ccccc1. The predicted octanol–water partition coefficient (Wildman–Crippen LogP) is 3.79. The van der Waals surface area contributed by atoms with E-state index >= 15 is 0 Å². The average molecular weight is 377 g/mol. The Kier molecular flexibility index (Phi) is 6.62. The maximum Gasteiger partial charge on any atom is 0.241 e. The molecule has 4 nitrogen and oxygen atoms in total. The fraction of sp³-hybridized carbons (Fsp3) is 0.278. The number of carbonyl (C=O) groups is 1. The Bertz CT molecular complexity index is 617. The Morgan fingerprint density at radius 1 is 1.17 bits per heavy atom. The number of anilines is 1. The molecule has 0 aliphatic heterocycles. The maximum absolute atomic E-state index is 12.3. The van der Waals surface area contributed by atoms with Crippen molar-refractivity contribution in [2.45, 2.75) is 13.0 Å². The van der Waals surface area contributed by atoms with Gasteiger partial charge in [0.05, 0.1) is 6.04 Å². The standard InChI is InChI=1S/C18H21BrN2O2/c1-14(18(22)20-16-10-8-15(19)9-11-16)21(2)12-13-23-17-6-4-3-5-7-17/h3-11,14H,12-13H2,1-2H3,(H,20,22). The smallest absolute Gasteiger partial charge is 0.241 e. The highest BCUT2D eigenvalue weighted by Crippen LogP contribution is 2.14. The number of benzene rings is 2. The molecule has 0 aliphatic carbocycles. The van der Waals surface area contributed by atoms with Crippen LogP contribution in [0.3, 0.4) is 0 Å². The van der Waals surface area contributed by atoms with Gasteiger partial charge < -0.3 is 10.1 Å². The first-order chi connectivity index (χ1) is 11.1. The van der Waals surface area contributed by atoms with E-state index in [0.29, 0.717) is 13.2 Å². The zero-order valence-electron chi connectivity index (χ0n) is 13.3.